The van der Waals surface area contributed by atoms with E-state index in [0.717, 1.165) is 25.7 Å². The van der Waals surface area contributed by atoms with Crippen LogP contribution in [0.15, 0.2) is 0 Å². The van der Waals surface area contributed by atoms with Crippen LogP contribution in [0.25, 0.3) is 0 Å². The highest BCUT2D eigenvalue weighted by Gasteiger charge is 2.70. The van der Waals surface area contributed by atoms with E-state index in [9.17, 15) is 14.4 Å². The lowest BCUT2D eigenvalue weighted by Crippen LogP contribution is -2.49. The largest absolute Gasteiger partial charge is 0.458 e. The van der Waals surface area contributed by atoms with E-state index in [1.807, 2.05) is 0 Å². The quantitative estimate of drug-likeness (QED) is 0.540. The number of hydrogen-bond acceptors (Lipinski definition) is 6. The Hall–Kier alpha value is -1.59. The van der Waals surface area contributed by atoms with Gasteiger partial charge in [0.1, 0.15) is 17.8 Å². The molecule has 4 fully saturated rings. The van der Waals surface area contributed by atoms with Gasteiger partial charge < -0.3 is 14.2 Å². The Bertz CT molecular complexity index is 684. The molecular weight excluding hydrogens is 360 g/mol. The van der Waals surface area contributed by atoms with E-state index < -0.39 is 29.6 Å². The minimum Gasteiger partial charge on any atom is -0.458 e. The molecule has 0 N–H and O–H groups in total. The van der Waals surface area contributed by atoms with E-state index in [1.165, 1.54) is 0 Å². The summed E-state index contributed by atoms with van der Waals surface area (Å²) in [4.78, 5) is 38.1. The Morgan fingerprint density at radius 2 is 1.79 bits per heavy atom. The molecule has 6 unspecified atom stereocenters. The average molecular weight is 392 g/mol. The average Bonchev–Trinajstić information content (AvgIpc) is 3.31. The zero-order valence-corrected chi connectivity index (χ0v) is 17.5. The van der Waals surface area contributed by atoms with Gasteiger partial charge in [-0.1, -0.05) is 34.6 Å². The fourth-order valence-corrected chi connectivity index (χ4v) is 5.95. The van der Waals surface area contributed by atoms with Crippen molar-refractivity contribution >= 4 is 17.9 Å². The van der Waals surface area contributed by atoms with Crippen molar-refractivity contribution in [3.63, 3.8) is 0 Å². The van der Waals surface area contributed by atoms with Gasteiger partial charge in [-0.25, -0.2) is 0 Å². The third-order valence-corrected chi connectivity index (χ3v) is 7.62. The highest BCUT2D eigenvalue weighted by atomic mass is 16.6. The van der Waals surface area contributed by atoms with E-state index in [1.54, 1.807) is 13.8 Å². The van der Waals surface area contributed by atoms with Crippen LogP contribution in [-0.4, -0.2) is 35.7 Å². The Morgan fingerprint density at radius 1 is 1.14 bits per heavy atom. The Kier molecular flexibility index (Phi) is 4.55. The first-order chi connectivity index (χ1) is 13.1. The van der Waals surface area contributed by atoms with Gasteiger partial charge in [0.15, 0.2) is 0 Å². The van der Waals surface area contributed by atoms with Crippen molar-refractivity contribution in [2.45, 2.75) is 84.5 Å². The summed E-state index contributed by atoms with van der Waals surface area (Å²) in [7, 11) is 0. The first-order valence-electron chi connectivity index (χ1n) is 10.7. The second-order valence-corrected chi connectivity index (χ2v) is 10.4. The fourth-order valence-electron chi connectivity index (χ4n) is 5.95. The normalized spacial score (nSPS) is 38.0. The maximum Gasteiger partial charge on any atom is 0.310 e. The Labute approximate surface area is 166 Å². The molecule has 0 aromatic carbocycles. The minimum absolute atomic E-state index is 0.0471. The minimum atomic E-state index is -0.568. The van der Waals surface area contributed by atoms with Gasteiger partial charge in [-0.2, -0.15) is 0 Å². The lowest BCUT2D eigenvalue weighted by Gasteiger charge is -2.42. The van der Waals surface area contributed by atoms with Crippen LogP contribution in [0.5, 0.6) is 0 Å². The van der Waals surface area contributed by atoms with Gasteiger partial charge in [0.05, 0.1) is 17.8 Å². The summed E-state index contributed by atoms with van der Waals surface area (Å²) in [6, 6.07) is 0. The molecule has 6 nitrogen and oxygen atoms in total. The van der Waals surface area contributed by atoms with E-state index in [-0.39, 0.29) is 41.1 Å². The molecule has 3 saturated carbocycles. The van der Waals surface area contributed by atoms with Crippen molar-refractivity contribution in [1.82, 2.24) is 0 Å². The van der Waals surface area contributed by atoms with Crippen molar-refractivity contribution in [3.8, 4) is 0 Å². The standard InChI is InChI=1S/C22H32O6/c1-11(2)18(23)26-16-13-10-12-14(19(24)27-17(12)16)15(13)20(25)28-22(21(3,4)5)8-6-7-9-22/h11-17H,6-10H2,1-5H3. The predicted molar refractivity (Wildman–Crippen MR) is 99.9 cm³/mol. The van der Waals surface area contributed by atoms with Gasteiger partial charge in [0.25, 0.3) is 0 Å². The van der Waals surface area contributed by atoms with Gasteiger partial charge in [0, 0.05) is 17.3 Å². The van der Waals surface area contributed by atoms with Gasteiger partial charge in [0.2, 0.25) is 0 Å². The molecule has 0 aromatic heterocycles. The van der Waals surface area contributed by atoms with Crippen molar-refractivity contribution < 1.29 is 28.6 Å². The van der Waals surface area contributed by atoms with Gasteiger partial charge in [-0.3, -0.25) is 14.4 Å². The van der Waals surface area contributed by atoms with Crippen LogP contribution in [0.2, 0.25) is 0 Å². The van der Waals surface area contributed by atoms with Crippen LogP contribution in [0.3, 0.4) is 0 Å². The van der Waals surface area contributed by atoms with Gasteiger partial charge >= 0.3 is 17.9 Å². The molecule has 1 heterocycles. The number of carbonyl (C=O) groups excluding carboxylic acids is 3. The number of hydrogen-bond donors (Lipinski definition) is 0. The first kappa shape index (κ1) is 19.7. The van der Waals surface area contributed by atoms with E-state index in [0.29, 0.717) is 6.42 Å². The molecule has 4 aliphatic rings. The second-order valence-electron chi connectivity index (χ2n) is 10.4. The smallest absolute Gasteiger partial charge is 0.310 e. The molecule has 0 radical (unpaired) electrons. The number of rotatable bonds is 4. The van der Waals surface area contributed by atoms with Crippen molar-refractivity contribution in [2.75, 3.05) is 0 Å². The van der Waals surface area contributed by atoms with Crippen LogP contribution in [0.4, 0.5) is 0 Å². The third kappa shape index (κ3) is 2.78. The molecule has 156 valence electrons. The summed E-state index contributed by atoms with van der Waals surface area (Å²) < 4.78 is 17.5. The zero-order chi connectivity index (χ0) is 20.4. The topological polar surface area (TPSA) is 78.9 Å². The molecule has 28 heavy (non-hydrogen) atoms. The summed E-state index contributed by atoms with van der Waals surface area (Å²) in [6.45, 7) is 9.88. The Balaban J connectivity index is 1.58. The fraction of sp³-hybridized carbons (Fsp3) is 0.864. The van der Waals surface area contributed by atoms with Crippen LogP contribution >= 0.6 is 0 Å². The number of esters is 3. The molecule has 3 aliphatic carbocycles. The van der Waals surface area contributed by atoms with E-state index in [2.05, 4.69) is 20.8 Å². The van der Waals surface area contributed by atoms with Crippen molar-refractivity contribution in [3.05, 3.63) is 0 Å². The molecule has 6 atom stereocenters. The molecule has 0 aromatic rings. The van der Waals surface area contributed by atoms with Crippen LogP contribution in [0, 0.1) is 35.0 Å². The van der Waals surface area contributed by atoms with Crippen LogP contribution < -0.4 is 0 Å². The van der Waals surface area contributed by atoms with E-state index in [4.69, 9.17) is 14.2 Å². The zero-order valence-electron chi connectivity index (χ0n) is 17.5. The second kappa shape index (κ2) is 6.46. The molecule has 1 saturated heterocycles. The third-order valence-electron chi connectivity index (χ3n) is 7.62. The van der Waals surface area contributed by atoms with Crippen molar-refractivity contribution in [2.24, 2.45) is 35.0 Å². The summed E-state index contributed by atoms with van der Waals surface area (Å²) >= 11 is 0. The number of fused-ring (bicyclic) bond motifs is 1. The predicted octanol–water partition coefficient (Wildman–Crippen LogP) is 3.26. The van der Waals surface area contributed by atoms with Crippen LogP contribution in [-0.2, 0) is 28.6 Å². The van der Waals surface area contributed by atoms with E-state index >= 15 is 0 Å². The molecular formula is C22H32O6. The van der Waals surface area contributed by atoms with Crippen molar-refractivity contribution in [1.29, 1.82) is 0 Å². The highest BCUT2D eigenvalue weighted by molar-refractivity contribution is 5.86. The first-order valence-corrected chi connectivity index (χ1v) is 10.7. The highest BCUT2D eigenvalue weighted by Crippen LogP contribution is 2.60. The monoisotopic (exact) mass is 392 g/mol. The Morgan fingerprint density at radius 3 is 2.36 bits per heavy atom. The van der Waals surface area contributed by atoms with Crippen LogP contribution in [0.1, 0.15) is 66.7 Å². The summed E-state index contributed by atoms with van der Waals surface area (Å²) in [5.74, 6) is -2.48. The molecule has 6 heteroatoms. The molecule has 0 amide bonds. The maximum atomic E-state index is 13.4. The maximum absolute atomic E-state index is 13.4. The molecule has 4 rings (SSSR count). The SMILES string of the molecule is CC(C)C(=O)OC1C2CC3C1OC(=O)C3C2C(=O)OC1(C(C)(C)C)CCCC1. The lowest BCUT2D eigenvalue weighted by molar-refractivity contribution is -0.185. The number of ether oxygens (including phenoxy) is 3. The van der Waals surface area contributed by atoms with Gasteiger partial charge in [-0.15, -0.1) is 0 Å². The lowest BCUT2D eigenvalue weighted by atomic mass is 9.74. The summed E-state index contributed by atoms with van der Waals surface area (Å²) in [5, 5.41) is 0. The number of carbonyl (C=O) groups is 3. The molecule has 0 spiro atoms. The summed E-state index contributed by atoms with van der Waals surface area (Å²) in [5.41, 5.74) is -0.656. The summed E-state index contributed by atoms with van der Waals surface area (Å²) in [6.07, 6.45) is 3.54. The molecule has 2 bridgehead atoms. The van der Waals surface area contributed by atoms with Gasteiger partial charge in [-0.05, 0) is 32.1 Å². The molecule has 1 aliphatic heterocycles.